The molecule has 0 aliphatic heterocycles. The van der Waals surface area contributed by atoms with Crippen LogP contribution in [0.15, 0.2) is 0 Å². The number of nitrogens with one attached hydrogen (secondary N) is 1. The summed E-state index contributed by atoms with van der Waals surface area (Å²) in [5, 5.41) is -0.213. The van der Waals surface area contributed by atoms with E-state index in [2.05, 4.69) is 20.7 Å². The molecule has 0 fully saturated rings. The van der Waals surface area contributed by atoms with Crippen molar-refractivity contribution >= 4 is 35.8 Å². The average molecular weight is 322 g/mol. The van der Waals surface area contributed by atoms with Crippen LogP contribution in [-0.4, -0.2) is 39.5 Å². The predicted molar refractivity (Wildman–Crippen MR) is 64.2 cm³/mol. The molecule has 0 aliphatic carbocycles. The number of rotatable bonds is 6. The highest BCUT2D eigenvalue weighted by molar-refractivity contribution is 9.09. The van der Waals surface area contributed by atoms with E-state index in [-0.39, 0.29) is 12.0 Å². The first-order valence-corrected chi connectivity index (χ1v) is 9.14. The molecule has 0 rings (SSSR count). The van der Waals surface area contributed by atoms with Crippen molar-refractivity contribution < 1.29 is 16.8 Å². The molecule has 2 unspecified atom stereocenters. The highest BCUT2D eigenvalue weighted by Crippen LogP contribution is 2.07. The molecule has 0 radical (unpaired) electrons. The molecule has 0 amide bonds. The Labute approximate surface area is 99.7 Å². The number of hydrogen-bond donors (Lipinski definition) is 1. The van der Waals surface area contributed by atoms with Crippen LogP contribution in [0.25, 0.3) is 0 Å². The zero-order chi connectivity index (χ0) is 12.3. The van der Waals surface area contributed by atoms with Crippen molar-refractivity contribution in [3.8, 4) is 0 Å². The zero-order valence-corrected chi connectivity index (χ0v) is 12.1. The van der Waals surface area contributed by atoms with Crippen LogP contribution in [0.3, 0.4) is 0 Å². The maximum atomic E-state index is 11.4. The molecule has 8 heteroatoms. The van der Waals surface area contributed by atoms with E-state index >= 15 is 0 Å². The van der Waals surface area contributed by atoms with E-state index in [0.717, 1.165) is 6.26 Å². The molecule has 15 heavy (non-hydrogen) atoms. The van der Waals surface area contributed by atoms with Crippen molar-refractivity contribution in [3.63, 3.8) is 0 Å². The summed E-state index contributed by atoms with van der Waals surface area (Å²) >= 11 is 3.23. The van der Waals surface area contributed by atoms with E-state index in [0.29, 0.717) is 5.33 Å². The third-order valence-corrected chi connectivity index (χ3v) is 6.54. The molecule has 5 nitrogen and oxygen atoms in total. The Bertz CT molecular complexity index is 389. The van der Waals surface area contributed by atoms with Crippen molar-refractivity contribution in [2.75, 3.05) is 16.7 Å². The normalized spacial score (nSPS) is 17.3. The highest BCUT2D eigenvalue weighted by atomic mass is 79.9. The maximum absolute atomic E-state index is 11.4. The van der Waals surface area contributed by atoms with Crippen molar-refractivity contribution in [1.82, 2.24) is 4.72 Å². The van der Waals surface area contributed by atoms with Gasteiger partial charge in [0.05, 0.1) is 0 Å². The summed E-state index contributed by atoms with van der Waals surface area (Å²) in [7, 11) is -7.27. The minimum Gasteiger partial charge on any atom is -0.228 e. The Morgan fingerprint density at radius 2 is 1.67 bits per heavy atom. The summed E-state index contributed by atoms with van der Waals surface area (Å²) in [5.74, 6) is 0.0966. The lowest BCUT2D eigenvalue weighted by Crippen LogP contribution is -2.40. The fourth-order valence-electron chi connectivity index (χ4n) is 0.849. The molecule has 0 heterocycles. The lowest BCUT2D eigenvalue weighted by Gasteiger charge is -2.18. The van der Waals surface area contributed by atoms with Crippen LogP contribution in [0, 0.1) is 5.92 Å². The van der Waals surface area contributed by atoms with E-state index in [1.807, 2.05) is 6.92 Å². The van der Waals surface area contributed by atoms with Gasteiger partial charge >= 0.3 is 0 Å². The quantitative estimate of drug-likeness (QED) is 0.715. The Morgan fingerprint density at radius 3 is 2.00 bits per heavy atom. The van der Waals surface area contributed by atoms with Gasteiger partial charge in [-0.25, -0.2) is 21.6 Å². The molecular weight excluding hydrogens is 306 g/mol. The number of sulfone groups is 1. The maximum Gasteiger partial charge on any atom is 0.226 e. The fraction of sp³-hybridized carbons (Fsp3) is 1.00. The van der Waals surface area contributed by atoms with Gasteiger partial charge in [0.1, 0.15) is 0 Å². The van der Waals surface area contributed by atoms with Gasteiger partial charge in [0.2, 0.25) is 10.0 Å². The molecule has 0 saturated heterocycles. The molecule has 0 spiro atoms. The van der Waals surface area contributed by atoms with E-state index in [1.165, 1.54) is 0 Å². The first kappa shape index (κ1) is 15.3. The summed E-state index contributed by atoms with van der Waals surface area (Å²) in [5.41, 5.74) is 0. The van der Waals surface area contributed by atoms with Gasteiger partial charge in [0.15, 0.2) is 14.9 Å². The van der Waals surface area contributed by atoms with Gasteiger partial charge in [-0.3, -0.25) is 0 Å². The summed E-state index contributed by atoms with van der Waals surface area (Å²) < 4.78 is 46.7. The molecule has 0 aliphatic rings. The minimum atomic E-state index is -3.75. The monoisotopic (exact) mass is 321 g/mol. The number of alkyl halides is 1. The van der Waals surface area contributed by atoms with Crippen LogP contribution >= 0.6 is 15.9 Å². The Balaban J connectivity index is 4.53. The van der Waals surface area contributed by atoms with Crippen LogP contribution in [0.1, 0.15) is 13.8 Å². The van der Waals surface area contributed by atoms with Crippen LogP contribution in [0.4, 0.5) is 0 Å². The van der Waals surface area contributed by atoms with Crippen molar-refractivity contribution in [2.24, 2.45) is 5.92 Å². The third kappa shape index (κ3) is 7.26. The average Bonchev–Trinajstić information content (AvgIpc) is 1.96. The summed E-state index contributed by atoms with van der Waals surface area (Å²) in [6.07, 6.45) is 0.894. The number of hydrogen-bond acceptors (Lipinski definition) is 4. The second-order valence-electron chi connectivity index (χ2n) is 3.70. The molecule has 0 aromatic carbocycles. The summed E-state index contributed by atoms with van der Waals surface area (Å²) in [6.45, 7) is 3.56. The lowest BCUT2D eigenvalue weighted by molar-refractivity contribution is 0.485. The molecular formula is C7H16BrNO4S2. The van der Waals surface area contributed by atoms with Gasteiger partial charge in [-0.2, -0.15) is 0 Å². The van der Waals surface area contributed by atoms with Crippen LogP contribution in [0.2, 0.25) is 0 Å². The van der Waals surface area contributed by atoms with Crippen LogP contribution < -0.4 is 4.72 Å². The molecule has 92 valence electrons. The van der Waals surface area contributed by atoms with Crippen LogP contribution in [-0.2, 0) is 19.9 Å². The Hall–Kier alpha value is 0.340. The standard InChI is InChI=1S/C7H16BrNO4S2/c1-6(4-8)7(2)9-15(12,13)5-14(3,10)11/h6-7,9H,4-5H2,1-3H3. The molecule has 0 bridgehead atoms. The SMILES string of the molecule is CC(CBr)C(C)NS(=O)(=O)CS(C)(=O)=O. The van der Waals surface area contributed by atoms with Crippen molar-refractivity contribution in [2.45, 2.75) is 19.9 Å². The van der Waals surface area contributed by atoms with Gasteiger partial charge in [-0.15, -0.1) is 0 Å². The Morgan fingerprint density at radius 1 is 1.20 bits per heavy atom. The molecule has 0 saturated carbocycles. The fourth-order valence-corrected chi connectivity index (χ4v) is 4.74. The highest BCUT2D eigenvalue weighted by Gasteiger charge is 2.22. The second kappa shape index (κ2) is 5.60. The van der Waals surface area contributed by atoms with Gasteiger partial charge < -0.3 is 0 Å². The van der Waals surface area contributed by atoms with E-state index in [9.17, 15) is 16.8 Å². The van der Waals surface area contributed by atoms with Crippen molar-refractivity contribution in [1.29, 1.82) is 0 Å². The number of sulfonamides is 1. The minimum absolute atomic E-state index is 0.0966. The van der Waals surface area contributed by atoms with E-state index in [4.69, 9.17) is 0 Å². The van der Waals surface area contributed by atoms with Crippen LogP contribution in [0.5, 0.6) is 0 Å². The third-order valence-electron chi connectivity index (χ3n) is 1.83. The molecule has 1 N–H and O–H groups in total. The van der Waals surface area contributed by atoms with Gasteiger partial charge in [0, 0.05) is 17.6 Å². The van der Waals surface area contributed by atoms with Gasteiger partial charge in [0.25, 0.3) is 0 Å². The molecule has 2 atom stereocenters. The number of halogens is 1. The summed E-state index contributed by atoms with van der Waals surface area (Å²) in [4.78, 5) is 0. The first-order chi connectivity index (χ1) is 6.57. The van der Waals surface area contributed by atoms with Crippen molar-refractivity contribution in [3.05, 3.63) is 0 Å². The first-order valence-electron chi connectivity index (χ1n) is 4.31. The summed E-state index contributed by atoms with van der Waals surface area (Å²) in [6, 6.07) is -0.295. The molecule has 0 aromatic rings. The lowest BCUT2D eigenvalue weighted by atomic mass is 10.1. The van der Waals surface area contributed by atoms with E-state index < -0.39 is 24.9 Å². The predicted octanol–water partition coefficient (Wildman–Crippen LogP) is 0.327. The Kier molecular flexibility index (Phi) is 5.73. The second-order valence-corrected chi connectivity index (χ2v) is 8.60. The van der Waals surface area contributed by atoms with E-state index in [1.54, 1.807) is 6.92 Å². The smallest absolute Gasteiger partial charge is 0.226 e. The zero-order valence-electron chi connectivity index (χ0n) is 8.90. The molecule has 0 aromatic heterocycles. The van der Waals surface area contributed by atoms with Gasteiger partial charge in [-0.1, -0.05) is 22.9 Å². The largest absolute Gasteiger partial charge is 0.228 e. The van der Waals surface area contributed by atoms with Gasteiger partial charge in [-0.05, 0) is 12.8 Å². The topological polar surface area (TPSA) is 80.3 Å².